The van der Waals surface area contributed by atoms with E-state index in [0.29, 0.717) is 0 Å². The van der Waals surface area contributed by atoms with E-state index in [1.165, 1.54) is 5.56 Å². The summed E-state index contributed by atoms with van der Waals surface area (Å²) >= 11 is 1.69. The Labute approximate surface area is 86.4 Å². The molecule has 2 heterocycles. The Hall–Kier alpha value is -1.35. The molecule has 0 bridgehead atoms. The van der Waals surface area contributed by atoms with E-state index in [2.05, 4.69) is 16.8 Å². The van der Waals surface area contributed by atoms with Crippen molar-refractivity contribution in [3.8, 4) is 0 Å². The first-order chi connectivity index (χ1) is 6.86. The molecule has 0 aliphatic carbocycles. The van der Waals surface area contributed by atoms with Gasteiger partial charge in [-0.15, -0.1) is 0 Å². The summed E-state index contributed by atoms with van der Waals surface area (Å²) in [6.07, 6.45) is 2.75. The van der Waals surface area contributed by atoms with E-state index in [0.717, 1.165) is 13.0 Å². The molecule has 0 spiro atoms. The Morgan fingerprint density at radius 1 is 1.29 bits per heavy atom. The lowest BCUT2D eigenvalue weighted by Crippen LogP contribution is -2.18. The zero-order chi connectivity index (χ0) is 9.80. The van der Waals surface area contributed by atoms with Crippen LogP contribution >= 0.6 is 11.3 Å². The number of aryl methyl sites for hydroxylation is 2. The second-order valence-electron chi connectivity index (χ2n) is 3.11. The van der Waals surface area contributed by atoms with Crippen molar-refractivity contribution in [2.24, 2.45) is 0 Å². The highest BCUT2D eigenvalue weighted by Gasteiger charge is 1.95. The van der Waals surface area contributed by atoms with Gasteiger partial charge < -0.3 is 4.57 Å². The molecule has 0 unspecified atom stereocenters. The summed E-state index contributed by atoms with van der Waals surface area (Å²) in [7, 11) is 0. The lowest BCUT2D eigenvalue weighted by molar-refractivity contribution is 0.670. The highest BCUT2D eigenvalue weighted by Crippen LogP contribution is 2.06. The molecule has 0 atom stereocenters. The number of hydrogen-bond acceptors (Lipinski definition) is 2. The Morgan fingerprint density at radius 2 is 2.21 bits per heavy atom. The second-order valence-corrected chi connectivity index (χ2v) is 3.89. The van der Waals surface area contributed by atoms with Crippen LogP contribution in [0.5, 0.6) is 0 Å². The number of hydrogen-bond donors (Lipinski definition) is 0. The van der Waals surface area contributed by atoms with Crippen LogP contribution in [0.2, 0.25) is 0 Å². The molecular weight excluding hydrogens is 194 g/mol. The minimum absolute atomic E-state index is 0.0720. The van der Waals surface area contributed by atoms with E-state index < -0.39 is 0 Å². The predicted octanol–water partition coefficient (Wildman–Crippen LogP) is 2.15. The van der Waals surface area contributed by atoms with Crippen molar-refractivity contribution in [1.29, 1.82) is 0 Å². The molecule has 0 saturated carbocycles. The average Bonchev–Trinajstić information content (AvgIpc) is 2.69. The first-order valence-corrected chi connectivity index (χ1v) is 5.47. The van der Waals surface area contributed by atoms with Gasteiger partial charge in [-0.05, 0) is 34.9 Å². The molecule has 0 N–H and O–H groups in total. The summed E-state index contributed by atoms with van der Waals surface area (Å²) in [4.78, 5) is 11.3. The third-order valence-electron chi connectivity index (χ3n) is 2.12. The van der Waals surface area contributed by atoms with Crippen molar-refractivity contribution in [2.45, 2.75) is 13.0 Å². The van der Waals surface area contributed by atoms with Crippen LogP contribution in [0, 0.1) is 0 Å². The van der Waals surface area contributed by atoms with Crippen molar-refractivity contribution in [3.63, 3.8) is 0 Å². The fourth-order valence-electron chi connectivity index (χ4n) is 1.33. The monoisotopic (exact) mass is 205 g/mol. The van der Waals surface area contributed by atoms with Crippen LogP contribution in [0.3, 0.4) is 0 Å². The molecule has 2 aromatic rings. The zero-order valence-electron chi connectivity index (χ0n) is 7.72. The van der Waals surface area contributed by atoms with Crippen molar-refractivity contribution < 1.29 is 0 Å². The van der Waals surface area contributed by atoms with Gasteiger partial charge in [0.25, 0.3) is 5.56 Å². The van der Waals surface area contributed by atoms with Crippen LogP contribution in [-0.2, 0) is 13.0 Å². The van der Waals surface area contributed by atoms with E-state index >= 15 is 0 Å². The third kappa shape index (κ3) is 2.12. The number of rotatable bonds is 3. The van der Waals surface area contributed by atoms with E-state index in [9.17, 15) is 4.79 Å². The van der Waals surface area contributed by atoms with Crippen molar-refractivity contribution in [2.75, 3.05) is 0 Å². The van der Waals surface area contributed by atoms with Gasteiger partial charge in [-0.2, -0.15) is 11.3 Å². The number of nitrogens with zero attached hydrogens (tertiary/aromatic N) is 1. The van der Waals surface area contributed by atoms with Gasteiger partial charge in [0.1, 0.15) is 0 Å². The molecule has 0 aromatic carbocycles. The smallest absolute Gasteiger partial charge is 0.250 e. The molecule has 0 radical (unpaired) electrons. The summed E-state index contributed by atoms with van der Waals surface area (Å²) in [5.74, 6) is 0. The molecule has 2 aromatic heterocycles. The van der Waals surface area contributed by atoms with Crippen LogP contribution < -0.4 is 5.56 Å². The SMILES string of the molecule is O=c1ccccn1CCc1ccsc1. The minimum Gasteiger partial charge on any atom is -0.315 e. The van der Waals surface area contributed by atoms with Gasteiger partial charge in [0.15, 0.2) is 0 Å². The van der Waals surface area contributed by atoms with Crippen LogP contribution in [0.1, 0.15) is 5.56 Å². The summed E-state index contributed by atoms with van der Waals surface area (Å²) in [5.41, 5.74) is 1.37. The molecular formula is C11H11NOS. The number of pyridine rings is 1. The van der Waals surface area contributed by atoms with Crippen LogP contribution in [0.25, 0.3) is 0 Å². The molecule has 3 heteroatoms. The Kier molecular flexibility index (Phi) is 2.79. The first-order valence-electron chi connectivity index (χ1n) is 4.53. The van der Waals surface area contributed by atoms with E-state index in [1.54, 1.807) is 28.0 Å². The summed E-state index contributed by atoms with van der Waals surface area (Å²) < 4.78 is 1.73. The maximum absolute atomic E-state index is 11.3. The van der Waals surface area contributed by atoms with E-state index in [1.807, 2.05) is 12.3 Å². The Bertz CT molecular complexity index is 444. The van der Waals surface area contributed by atoms with Gasteiger partial charge in [0.2, 0.25) is 0 Å². The molecule has 2 nitrogen and oxygen atoms in total. The largest absolute Gasteiger partial charge is 0.315 e. The number of aromatic nitrogens is 1. The topological polar surface area (TPSA) is 22.0 Å². The normalized spacial score (nSPS) is 10.3. The molecule has 0 saturated heterocycles. The lowest BCUT2D eigenvalue weighted by Gasteiger charge is -2.02. The van der Waals surface area contributed by atoms with Crippen molar-refractivity contribution >= 4 is 11.3 Å². The third-order valence-corrected chi connectivity index (χ3v) is 2.85. The highest BCUT2D eigenvalue weighted by atomic mass is 32.1. The molecule has 0 fully saturated rings. The quantitative estimate of drug-likeness (QED) is 0.752. The Morgan fingerprint density at radius 3 is 2.93 bits per heavy atom. The van der Waals surface area contributed by atoms with Gasteiger partial charge in [-0.25, -0.2) is 0 Å². The van der Waals surface area contributed by atoms with Crippen molar-refractivity contribution in [3.05, 3.63) is 57.1 Å². The molecule has 0 aliphatic rings. The number of thiophene rings is 1. The first kappa shape index (κ1) is 9.21. The summed E-state index contributed by atoms with van der Waals surface area (Å²) in [6.45, 7) is 0.760. The summed E-state index contributed by atoms with van der Waals surface area (Å²) in [6, 6.07) is 7.34. The van der Waals surface area contributed by atoms with Gasteiger partial charge in [-0.3, -0.25) is 4.79 Å². The van der Waals surface area contributed by atoms with Gasteiger partial charge in [-0.1, -0.05) is 6.07 Å². The minimum atomic E-state index is 0.0720. The summed E-state index contributed by atoms with van der Waals surface area (Å²) in [5, 5.41) is 4.18. The predicted molar refractivity (Wildman–Crippen MR) is 58.7 cm³/mol. The van der Waals surface area contributed by atoms with Gasteiger partial charge in [0, 0.05) is 18.8 Å². The maximum atomic E-state index is 11.3. The standard InChI is InChI=1S/C11H11NOS/c13-11-3-1-2-6-12(11)7-4-10-5-8-14-9-10/h1-3,5-6,8-9H,4,7H2. The fourth-order valence-corrected chi connectivity index (χ4v) is 2.03. The van der Waals surface area contributed by atoms with E-state index in [-0.39, 0.29) is 5.56 Å². The highest BCUT2D eigenvalue weighted by molar-refractivity contribution is 7.07. The molecule has 0 amide bonds. The van der Waals surface area contributed by atoms with Gasteiger partial charge >= 0.3 is 0 Å². The maximum Gasteiger partial charge on any atom is 0.250 e. The van der Waals surface area contributed by atoms with Crippen LogP contribution in [0.4, 0.5) is 0 Å². The van der Waals surface area contributed by atoms with Gasteiger partial charge in [0.05, 0.1) is 0 Å². The second kappa shape index (κ2) is 4.24. The molecule has 14 heavy (non-hydrogen) atoms. The zero-order valence-corrected chi connectivity index (χ0v) is 8.54. The average molecular weight is 205 g/mol. The lowest BCUT2D eigenvalue weighted by atomic mass is 10.2. The molecule has 72 valence electrons. The van der Waals surface area contributed by atoms with Crippen LogP contribution in [0.15, 0.2) is 46.0 Å². The van der Waals surface area contributed by atoms with E-state index in [4.69, 9.17) is 0 Å². The Balaban J connectivity index is 2.06. The van der Waals surface area contributed by atoms with Crippen molar-refractivity contribution in [1.82, 2.24) is 4.57 Å². The molecule has 0 aliphatic heterocycles. The fraction of sp³-hybridized carbons (Fsp3) is 0.182. The molecule has 2 rings (SSSR count). The van der Waals surface area contributed by atoms with Crippen LogP contribution in [-0.4, -0.2) is 4.57 Å².